The smallest absolute Gasteiger partial charge is 1.00 e. The summed E-state index contributed by atoms with van der Waals surface area (Å²) in [5.41, 5.74) is 2.35. The Balaban J connectivity index is -0.000000134. The number of phenols is 1. The van der Waals surface area contributed by atoms with Gasteiger partial charge in [0.2, 0.25) is 0 Å². The van der Waals surface area contributed by atoms with Crippen molar-refractivity contribution < 1.29 is 39.3 Å². The number of alkyl halides is 3. The molecular weight excluding hydrogens is 1210 g/mol. The first kappa shape index (κ1) is 90.5. The molecule has 5 aromatic rings. The van der Waals surface area contributed by atoms with E-state index < -0.39 is 0 Å². The Morgan fingerprint density at radius 2 is 0.716 bits per heavy atom. The number of hydrogen-bond donors (Lipinski definition) is 2. The van der Waals surface area contributed by atoms with Crippen molar-refractivity contribution in [2.24, 2.45) is 0 Å². The zero-order valence-corrected chi connectivity index (χ0v) is 58.5. The average molecular weight is 1310 g/mol. The van der Waals surface area contributed by atoms with Gasteiger partial charge in [-0.25, -0.2) is 0 Å². The molecule has 0 radical (unpaired) electrons. The molecule has 0 aliphatic heterocycles. The first-order valence-electron chi connectivity index (χ1n) is 26.1. The molecule has 5 rings (SSSR count). The van der Waals surface area contributed by atoms with E-state index in [0.29, 0.717) is 17.5 Å². The zero-order chi connectivity index (χ0) is 58.9. The molecule has 9 nitrogen and oxygen atoms in total. The summed E-state index contributed by atoms with van der Waals surface area (Å²) >= 11 is 37.9. The predicted molar refractivity (Wildman–Crippen MR) is 359 cm³/mol. The molecule has 0 aromatic heterocycles. The Kier molecular flexibility index (Phi) is 77.1. The molecule has 452 valence electrons. The van der Waals surface area contributed by atoms with E-state index in [1.807, 2.05) is 117 Å². The first-order valence-corrected chi connectivity index (χ1v) is 29.3. The van der Waals surface area contributed by atoms with Crippen LogP contribution in [-0.2, 0) is 0 Å². The van der Waals surface area contributed by atoms with E-state index in [4.69, 9.17) is 105 Å². The predicted octanol–water partition coefficient (Wildman–Crippen LogP) is 14.0. The fourth-order valence-electron chi connectivity index (χ4n) is 5.41. The maximum atomic E-state index is 8.70. The molecule has 0 aliphatic carbocycles. The van der Waals surface area contributed by atoms with Crippen LogP contribution in [0.5, 0.6) is 28.7 Å². The fraction of sp³-hybridized carbons (Fsp3) is 0.452. The number of unbranched alkanes of at least 4 members (excludes halogenated alkanes) is 5. The molecular formula is C62H94Cl8Mg2N4O5. The summed E-state index contributed by atoms with van der Waals surface area (Å²) in [6, 6.07) is 39.8. The van der Waals surface area contributed by atoms with Crippen molar-refractivity contribution in [3.63, 3.8) is 0 Å². The summed E-state index contributed by atoms with van der Waals surface area (Å²) in [6.07, 6.45) is 12.7. The van der Waals surface area contributed by atoms with Gasteiger partial charge in [-0.05, 0) is 236 Å². The van der Waals surface area contributed by atoms with Gasteiger partial charge >= 0.3 is 46.1 Å². The molecule has 19 heteroatoms. The van der Waals surface area contributed by atoms with Crippen molar-refractivity contribution in [1.29, 1.82) is 0 Å². The topological polar surface area (TPSA) is 78.9 Å². The van der Waals surface area contributed by atoms with E-state index in [1.54, 1.807) is 24.3 Å². The Morgan fingerprint density at radius 1 is 0.469 bits per heavy atom. The summed E-state index contributed by atoms with van der Waals surface area (Å²) in [5.74, 6) is 6.06. The molecule has 0 aliphatic rings. The van der Waals surface area contributed by atoms with Crippen LogP contribution in [0.3, 0.4) is 0 Å². The van der Waals surface area contributed by atoms with Gasteiger partial charge < -0.3 is 59.3 Å². The Morgan fingerprint density at radius 3 is 0.975 bits per heavy atom. The zero-order valence-electron chi connectivity index (χ0n) is 51.6. The minimum absolute atomic E-state index is 0. The molecule has 0 amide bonds. The normalized spacial score (nSPS) is 9.41. The van der Waals surface area contributed by atoms with Gasteiger partial charge in [0, 0.05) is 38.5 Å². The van der Waals surface area contributed by atoms with E-state index in [0.717, 1.165) is 135 Å². The number of halogens is 8. The molecule has 5 aromatic carbocycles. The van der Waals surface area contributed by atoms with Gasteiger partial charge in [0.15, 0.2) is 0 Å². The van der Waals surface area contributed by atoms with Crippen LogP contribution in [0.4, 0.5) is 0 Å². The Bertz CT molecular complexity index is 2010. The van der Waals surface area contributed by atoms with E-state index in [1.165, 1.54) is 24.8 Å². The number of hydrogen-bond acceptors (Lipinski definition) is 9. The number of nitrogens with zero attached hydrogens (tertiary/aromatic N) is 3. The maximum absolute atomic E-state index is 8.70. The van der Waals surface area contributed by atoms with Crippen LogP contribution in [0, 0.1) is 6.07 Å². The monoisotopic (exact) mass is 1300 g/mol. The summed E-state index contributed by atoms with van der Waals surface area (Å²) in [5, 5.41) is 13.6. The third-order valence-electron chi connectivity index (χ3n) is 9.38. The van der Waals surface area contributed by atoms with Gasteiger partial charge in [0.05, 0.1) is 26.4 Å². The second-order valence-corrected chi connectivity index (χ2v) is 20.2. The molecule has 0 unspecified atom stereocenters. The number of nitrogens with one attached hydrogen (secondary N) is 1. The minimum Gasteiger partial charge on any atom is -1.00 e. The number of rotatable bonds is 27. The van der Waals surface area contributed by atoms with Crippen molar-refractivity contribution in [3.05, 3.63) is 167 Å². The van der Waals surface area contributed by atoms with E-state index in [-0.39, 0.29) is 67.1 Å². The van der Waals surface area contributed by atoms with Crippen LogP contribution in [0.15, 0.2) is 140 Å². The average Bonchev–Trinajstić information content (AvgIpc) is 3.42. The van der Waals surface area contributed by atoms with Crippen LogP contribution >= 0.6 is 81.2 Å². The van der Waals surface area contributed by atoms with Gasteiger partial charge in [-0.15, -0.1) is 46.9 Å². The fourth-order valence-corrected chi connectivity index (χ4v) is 6.35. The minimum atomic E-state index is 0. The van der Waals surface area contributed by atoms with Crippen molar-refractivity contribution >= 4 is 133 Å². The van der Waals surface area contributed by atoms with E-state index in [9.17, 15) is 0 Å². The Hall–Kier alpha value is -1.73. The molecule has 2 N–H and O–H groups in total. The maximum Gasteiger partial charge on any atom is 2.00 e. The molecule has 0 spiro atoms. The summed E-state index contributed by atoms with van der Waals surface area (Å²) < 4.78 is 22.2. The van der Waals surface area contributed by atoms with Gasteiger partial charge in [-0.1, -0.05) is 77.8 Å². The third-order valence-corrected chi connectivity index (χ3v) is 10.9. The van der Waals surface area contributed by atoms with Crippen LogP contribution < -0.4 is 36.7 Å². The number of benzene rings is 5. The number of aromatic hydroxyl groups is 1. The summed E-state index contributed by atoms with van der Waals surface area (Å²) in [7, 11) is 16.3. The molecule has 0 atom stereocenters. The van der Waals surface area contributed by atoms with Crippen molar-refractivity contribution in [2.75, 3.05) is 120 Å². The van der Waals surface area contributed by atoms with Crippen molar-refractivity contribution in [1.82, 2.24) is 20.0 Å². The number of phenolic OH excluding ortho intramolecular Hbond substituents is 1. The standard InChI is InChI=1S/C14H21NO.C12H18ClNO.C12H18NO.C10H12Cl2O.C6H5ClO.C4H8Cl2.C2H3Cl.C2H7N.ClH.2Mg.2H/c1-4-13-7-9-14(10-8-13)16-12-6-5-11-15(2)3;1-14(2)9-3-4-10-15-12-7-5-11(13)6-8-12;1-13(2)10-6-7-11-14-12-8-4-3-5-9-12;11-7-1-2-8-13-10-5-3-9(12)4-6-10;7-5-1-3-6(8)4-2-5;5-3-1-2-4-6;1-2-3;1-3-2;;;;;/h4,7-10H,1,5-6,11-12H2,2-3H3;5-8H,3-4,9-10H2,1-2H3;4-5,8-9H,6-7,10-11H2,1-2H3;3-6H,1-2,7-8H2;1-4,8H;1-4H2;2H,1H2;3H,1-2H3;1H;;;;/q;;-1;;;;;;;2*+2;2*-1/p-1. The molecule has 0 saturated carbocycles. The van der Waals surface area contributed by atoms with E-state index in [2.05, 4.69) is 81.5 Å². The van der Waals surface area contributed by atoms with Gasteiger partial charge in [0.1, 0.15) is 23.0 Å². The van der Waals surface area contributed by atoms with Gasteiger partial charge in [0.25, 0.3) is 0 Å². The quantitative estimate of drug-likeness (QED) is 0.0231. The SMILES string of the molecule is C=CCl.C=Cc1ccc(OCCCCN(C)C)cc1.CN(C)CCCCOc1cc[c-]cc1.CN(C)CCCCOc1ccc(Cl)cc1.CNC.ClCCCCCl.ClCCCCOc1ccc(Cl)cc1.Oc1ccc(Cl)cc1.[Cl-].[H-].[H-].[Mg+2].[Mg+2]. The van der Waals surface area contributed by atoms with Crippen LogP contribution in [-0.4, -0.2) is 186 Å². The summed E-state index contributed by atoms with van der Waals surface area (Å²) in [4.78, 5) is 6.57. The van der Waals surface area contributed by atoms with Crippen molar-refractivity contribution in [3.8, 4) is 28.7 Å². The molecule has 0 fully saturated rings. The van der Waals surface area contributed by atoms with Crippen LogP contribution in [0.1, 0.15) is 72.6 Å². The molecule has 0 heterocycles. The summed E-state index contributed by atoms with van der Waals surface area (Å²) in [6.45, 7) is 13.3. The Labute approximate surface area is 567 Å². The molecule has 0 bridgehead atoms. The third kappa shape index (κ3) is 68.9. The van der Waals surface area contributed by atoms with Gasteiger partial charge in [-0.2, -0.15) is 18.2 Å². The number of ether oxygens (including phenoxy) is 4. The van der Waals surface area contributed by atoms with Gasteiger partial charge in [-0.3, -0.25) is 0 Å². The van der Waals surface area contributed by atoms with E-state index >= 15 is 0 Å². The van der Waals surface area contributed by atoms with Crippen LogP contribution in [0.2, 0.25) is 15.1 Å². The molecule has 0 saturated heterocycles. The second-order valence-electron chi connectivity index (χ2n) is 17.5. The van der Waals surface area contributed by atoms with Crippen molar-refractivity contribution in [2.45, 2.75) is 64.2 Å². The second kappa shape index (κ2) is 69.0. The first-order chi connectivity index (χ1) is 37.5. The molecule has 81 heavy (non-hydrogen) atoms. The van der Waals surface area contributed by atoms with Crippen LogP contribution in [0.25, 0.3) is 6.08 Å². The largest absolute Gasteiger partial charge is 2.00 e.